The molecule has 0 bridgehead atoms. The van der Waals surface area contributed by atoms with Gasteiger partial charge in [0.2, 0.25) is 5.91 Å². The molecule has 4 rings (SSSR count). The van der Waals surface area contributed by atoms with Gasteiger partial charge in [-0.3, -0.25) is 24.3 Å². The molecule has 1 aliphatic rings. The number of carbonyl (C=O) groups is 3. The highest BCUT2D eigenvalue weighted by Crippen LogP contribution is 2.32. The topological polar surface area (TPSA) is 92.5 Å². The third-order valence-corrected chi connectivity index (χ3v) is 6.44. The Hall–Kier alpha value is -3.39. The van der Waals surface area contributed by atoms with Crippen LogP contribution in [0.4, 0.5) is 4.79 Å². The molecule has 1 aromatic carbocycles. The van der Waals surface area contributed by atoms with Crippen LogP contribution in [-0.4, -0.2) is 40.0 Å². The zero-order valence-corrected chi connectivity index (χ0v) is 19.6. The summed E-state index contributed by atoms with van der Waals surface area (Å²) in [6, 6.07) is 7.67. The van der Waals surface area contributed by atoms with Crippen molar-refractivity contribution < 1.29 is 18.8 Å². The lowest BCUT2D eigenvalue weighted by molar-refractivity contribution is -0.124. The first-order valence-electron chi connectivity index (χ1n) is 10.8. The number of aryl methyl sites for hydroxylation is 1. The van der Waals surface area contributed by atoms with E-state index in [0.29, 0.717) is 10.8 Å². The molecule has 170 valence electrons. The van der Waals surface area contributed by atoms with Gasteiger partial charge in [0, 0.05) is 36.4 Å². The minimum absolute atomic E-state index is 0.115. The molecule has 3 heterocycles. The first-order valence-corrected chi connectivity index (χ1v) is 11.6. The first kappa shape index (κ1) is 22.8. The number of carbonyl (C=O) groups excluding carboxylic acids is 3. The van der Waals surface area contributed by atoms with E-state index in [4.69, 9.17) is 4.42 Å². The van der Waals surface area contributed by atoms with Crippen molar-refractivity contribution in [2.75, 3.05) is 13.1 Å². The Morgan fingerprint density at radius 2 is 2.12 bits per heavy atom. The third-order valence-electron chi connectivity index (χ3n) is 5.53. The lowest BCUT2D eigenvalue weighted by Crippen LogP contribution is -2.37. The number of nitrogens with zero attached hydrogens (tertiary/aromatic N) is 2. The minimum atomic E-state index is -0.361. The summed E-state index contributed by atoms with van der Waals surface area (Å²) in [6.45, 7) is 6.63. The van der Waals surface area contributed by atoms with Gasteiger partial charge < -0.3 is 9.73 Å². The Kier molecular flexibility index (Phi) is 6.65. The van der Waals surface area contributed by atoms with Crippen LogP contribution in [0.3, 0.4) is 0 Å². The second-order valence-electron chi connectivity index (χ2n) is 8.27. The second-order valence-corrected chi connectivity index (χ2v) is 9.26. The van der Waals surface area contributed by atoms with Gasteiger partial charge in [-0.05, 0) is 65.6 Å². The van der Waals surface area contributed by atoms with Gasteiger partial charge in [-0.1, -0.05) is 19.9 Å². The standard InChI is InChI=1S/C25H25N3O4S/c1-15(2)19-12-20-18(14-32-21(20)9-16(19)3)11-23(29)27-7-8-28-24(30)22(33-25(28)31)10-17-5-4-6-26-13-17/h4-6,9-10,12-15H,7-8,11H2,1-3H3,(H,27,29)/b22-10+. The zero-order chi connectivity index (χ0) is 23.5. The first-order chi connectivity index (χ1) is 15.8. The average molecular weight is 464 g/mol. The Balaban J connectivity index is 1.35. The number of fused-ring (bicyclic) bond motifs is 1. The predicted molar refractivity (Wildman–Crippen MR) is 129 cm³/mol. The molecule has 2 aromatic heterocycles. The summed E-state index contributed by atoms with van der Waals surface area (Å²) in [7, 11) is 0. The van der Waals surface area contributed by atoms with E-state index in [1.54, 1.807) is 30.8 Å². The van der Waals surface area contributed by atoms with E-state index in [-0.39, 0.29) is 36.6 Å². The number of amides is 3. The largest absolute Gasteiger partial charge is 0.464 e. The van der Waals surface area contributed by atoms with Crippen molar-refractivity contribution in [2.24, 2.45) is 0 Å². The molecule has 1 saturated heterocycles. The minimum Gasteiger partial charge on any atom is -0.464 e. The number of aromatic nitrogens is 1. The van der Waals surface area contributed by atoms with Gasteiger partial charge in [-0.2, -0.15) is 0 Å². The summed E-state index contributed by atoms with van der Waals surface area (Å²) >= 11 is 0.891. The highest BCUT2D eigenvalue weighted by atomic mass is 32.2. The Bertz CT molecular complexity index is 1250. The molecule has 1 fully saturated rings. The summed E-state index contributed by atoms with van der Waals surface area (Å²) in [6.07, 6.45) is 6.69. The summed E-state index contributed by atoms with van der Waals surface area (Å²) in [4.78, 5) is 42.9. The van der Waals surface area contributed by atoms with Crippen molar-refractivity contribution in [1.29, 1.82) is 0 Å². The number of pyridine rings is 1. The summed E-state index contributed by atoms with van der Waals surface area (Å²) < 4.78 is 5.65. The SMILES string of the molecule is Cc1cc2occ(CC(=O)NCCN3C(=O)S/C(=C/c4cccnc4)C3=O)c2cc1C(C)C. The molecular formula is C25H25N3O4S. The molecule has 0 radical (unpaired) electrons. The van der Waals surface area contributed by atoms with E-state index in [9.17, 15) is 14.4 Å². The summed E-state index contributed by atoms with van der Waals surface area (Å²) in [5.74, 6) is -0.181. The van der Waals surface area contributed by atoms with Crippen molar-refractivity contribution in [3.8, 4) is 0 Å². The van der Waals surface area contributed by atoms with Gasteiger partial charge in [-0.15, -0.1) is 0 Å². The fourth-order valence-electron chi connectivity index (χ4n) is 3.85. The lowest BCUT2D eigenvalue weighted by Gasteiger charge is -2.13. The van der Waals surface area contributed by atoms with Gasteiger partial charge in [0.15, 0.2) is 0 Å². The fourth-order valence-corrected chi connectivity index (χ4v) is 4.72. The van der Waals surface area contributed by atoms with E-state index in [1.807, 2.05) is 12.1 Å². The van der Waals surface area contributed by atoms with Crippen LogP contribution in [0.1, 0.15) is 42.0 Å². The van der Waals surface area contributed by atoms with E-state index >= 15 is 0 Å². The van der Waals surface area contributed by atoms with Crippen LogP contribution in [0.15, 0.2) is 52.2 Å². The number of rotatable bonds is 7. The Labute approximate surface area is 196 Å². The van der Waals surface area contributed by atoms with Crippen LogP contribution in [0.5, 0.6) is 0 Å². The van der Waals surface area contributed by atoms with Crippen LogP contribution >= 0.6 is 11.8 Å². The molecule has 0 aliphatic carbocycles. The maximum Gasteiger partial charge on any atom is 0.293 e. The van der Waals surface area contributed by atoms with Gasteiger partial charge in [0.05, 0.1) is 17.6 Å². The Morgan fingerprint density at radius 1 is 1.30 bits per heavy atom. The molecule has 8 heteroatoms. The second kappa shape index (κ2) is 9.62. The molecule has 0 saturated carbocycles. The zero-order valence-electron chi connectivity index (χ0n) is 18.8. The van der Waals surface area contributed by atoms with Crippen LogP contribution in [0.25, 0.3) is 17.0 Å². The van der Waals surface area contributed by atoms with Crippen molar-refractivity contribution >= 4 is 45.9 Å². The van der Waals surface area contributed by atoms with Crippen molar-refractivity contribution in [3.05, 3.63) is 70.1 Å². The number of benzene rings is 1. The smallest absolute Gasteiger partial charge is 0.293 e. The average Bonchev–Trinajstić information content (AvgIpc) is 3.28. The fraction of sp³-hybridized carbons (Fsp3) is 0.280. The summed E-state index contributed by atoms with van der Waals surface area (Å²) in [5, 5.41) is 3.39. The summed E-state index contributed by atoms with van der Waals surface area (Å²) in [5.41, 5.74) is 4.72. The van der Waals surface area contributed by atoms with Crippen molar-refractivity contribution in [3.63, 3.8) is 0 Å². The van der Waals surface area contributed by atoms with Crippen LogP contribution in [0, 0.1) is 6.92 Å². The highest BCUT2D eigenvalue weighted by Gasteiger charge is 2.34. The van der Waals surface area contributed by atoms with E-state index in [2.05, 4.69) is 37.1 Å². The number of furan rings is 1. The molecule has 0 spiro atoms. The number of hydrogen-bond donors (Lipinski definition) is 1. The van der Waals surface area contributed by atoms with Gasteiger partial charge in [0.1, 0.15) is 5.58 Å². The monoisotopic (exact) mass is 463 g/mol. The van der Waals surface area contributed by atoms with Gasteiger partial charge in [-0.25, -0.2) is 0 Å². The molecule has 1 aliphatic heterocycles. The lowest BCUT2D eigenvalue weighted by atomic mass is 9.95. The number of imide groups is 1. The van der Waals surface area contributed by atoms with Crippen LogP contribution in [0.2, 0.25) is 0 Å². The molecule has 0 atom stereocenters. The van der Waals surface area contributed by atoms with Gasteiger partial charge >= 0.3 is 0 Å². The Morgan fingerprint density at radius 3 is 2.85 bits per heavy atom. The van der Waals surface area contributed by atoms with E-state index < -0.39 is 0 Å². The third kappa shape index (κ3) is 5.01. The number of hydrogen-bond acceptors (Lipinski definition) is 6. The van der Waals surface area contributed by atoms with E-state index in [1.165, 1.54) is 5.56 Å². The maximum atomic E-state index is 12.6. The normalized spacial score (nSPS) is 15.3. The molecule has 33 heavy (non-hydrogen) atoms. The highest BCUT2D eigenvalue weighted by molar-refractivity contribution is 8.18. The maximum absolute atomic E-state index is 12.6. The predicted octanol–water partition coefficient (Wildman–Crippen LogP) is 4.65. The van der Waals surface area contributed by atoms with Crippen molar-refractivity contribution in [2.45, 2.75) is 33.1 Å². The van der Waals surface area contributed by atoms with Gasteiger partial charge in [0.25, 0.3) is 11.1 Å². The van der Waals surface area contributed by atoms with Crippen LogP contribution in [-0.2, 0) is 16.0 Å². The molecule has 0 unspecified atom stereocenters. The number of thioether (sulfide) groups is 1. The quantitative estimate of drug-likeness (QED) is 0.513. The molecule has 3 amide bonds. The molecule has 7 nitrogen and oxygen atoms in total. The van der Waals surface area contributed by atoms with Crippen LogP contribution < -0.4 is 5.32 Å². The molecule has 1 N–H and O–H groups in total. The molecule has 3 aromatic rings. The molecular weight excluding hydrogens is 438 g/mol. The van der Waals surface area contributed by atoms with Crippen molar-refractivity contribution in [1.82, 2.24) is 15.2 Å². The number of nitrogens with one attached hydrogen (secondary N) is 1. The van der Waals surface area contributed by atoms with E-state index in [0.717, 1.165) is 44.3 Å².